The molecule has 1 aliphatic heterocycles. The molecule has 3 rings (SSSR count). The van der Waals surface area contributed by atoms with Crippen LogP contribution in [0.25, 0.3) is 0 Å². The average Bonchev–Trinajstić information content (AvgIpc) is 3.26. The molecule has 0 aliphatic carbocycles. The summed E-state index contributed by atoms with van der Waals surface area (Å²) in [5.41, 5.74) is 1.23. The zero-order valence-corrected chi connectivity index (χ0v) is 15.0. The number of aliphatic hydroxyl groups is 1. The van der Waals surface area contributed by atoms with Gasteiger partial charge in [0.2, 0.25) is 5.91 Å². The van der Waals surface area contributed by atoms with Crippen molar-refractivity contribution < 1.29 is 23.8 Å². The summed E-state index contributed by atoms with van der Waals surface area (Å²) in [4.78, 5) is 27.4. The Balaban J connectivity index is 1.70. The van der Waals surface area contributed by atoms with E-state index in [1.807, 2.05) is 0 Å². The van der Waals surface area contributed by atoms with E-state index in [-0.39, 0.29) is 29.9 Å². The average molecular weight is 362 g/mol. The van der Waals surface area contributed by atoms with Crippen LogP contribution in [0.5, 0.6) is 5.95 Å². The monoisotopic (exact) mass is 362 g/mol. The summed E-state index contributed by atoms with van der Waals surface area (Å²) in [6.07, 6.45) is -1.00. The first-order valence-electron chi connectivity index (χ1n) is 8.27. The molecule has 3 heterocycles. The van der Waals surface area contributed by atoms with Crippen LogP contribution in [0.2, 0.25) is 0 Å². The summed E-state index contributed by atoms with van der Waals surface area (Å²) < 4.78 is 12.0. The number of amides is 2. The Morgan fingerprint density at radius 2 is 2.15 bits per heavy atom. The van der Waals surface area contributed by atoms with Gasteiger partial charge < -0.3 is 24.1 Å². The highest BCUT2D eigenvalue weighted by Crippen LogP contribution is 2.23. The number of aliphatic hydroxyl groups excluding tert-OH is 1. The molecule has 2 aromatic heterocycles. The van der Waals surface area contributed by atoms with E-state index in [1.165, 1.54) is 12.0 Å². The van der Waals surface area contributed by atoms with Crippen molar-refractivity contribution in [2.75, 3.05) is 27.7 Å². The van der Waals surface area contributed by atoms with E-state index in [2.05, 4.69) is 5.10 Å². The topological polar surface area (TPSA) is 101 Å². The lowest BCUT2D eigenvalue weighted by atomic mass is 10.1. The molecule has 0 saturated carbocycles. The Hall–Kier alpha value is -2.81. The van der Waals surface area contributed by atoms with Crippen molar-refractivity contribution in [1.82, 2.24) is 19.6 Å². The summed E-state index contributed by atoms with van der Waals surface area (Å²) in [5.74, 6) is 0.0932. The standard InChI is InChI=1S/C17H22N4O5/c1-19(2)15(23)9-13(22)12-8-11-10-20(6-7-21(11)18-12)17(24)14-4-5-16(25-3)26-14/h4-5,8,13,22H,6-7,9-10H2,1-3H3/t13-/m1/s1. The number of methoxy groups -OCH3 is 1. The van der Waals surface area contributed by atoms with Gasteiger partial charge in [0.15, 0.2) is 5.76 Å². The van der Waals surface area contributed by atoms with Gasteiger partial charge in [-0.15, -0.1) is 0 Å². The lowest BCUT2D eigenvalue weighted by Gasteiger charge is -2.26. The SMILES string of the molecule is COc1ccc(C(=O)N2CCn3nc([C@H](O)CC(=O)N(C)C)cc3C2)o1. The molecule has 2 amide bonds. The van der Waals surface area contributed by atoms with Gasteiger partial charge in [0.05, 0.1) is 38.0 Å². The first kappa shape index (κ1) is 18.0. The predicted octanol–water partition coefficient (Wildman–Crippen LogP) is 0.652. The first-order valence-corrected chi connectivity index (χ1v) is 8.27. The second-order valence-corrected chi connectivity index (χ2v) is 6.34. The summed E-state index contributed by atoms with van der Waals surface area (Å²) >= 11 is 0. The Morgan fingerprint density at radius 3 is 2.81 bits per heavy atom. The summed E-state index contributed by atoms with van der Waals surface area (Å²) in [7, 11) is 4.75. The molecule has 0 fully saturated rings. The molecule has 1 atom stereocenters. The van der Waals surface area contributed by atoms with Crippen molar-refractivity contribution >= 4 is 11.8 Å². The molecule has 1 aliphatic rings. The van der Waals surface area contributed by atoms with E-state index in [4.69, 9.17) is 9.15 Å². The highest BCUT2D eigenvalue weighted by Gasteiger charge is 2.27. The van der Waals surface area contributed by atoms with E-state index in [1.54, 1.807) is 41.9 Å². The molecule has 9 heteroatoms. The van der Waals surface area contributed by atoms with Gasteiger partial charge in [-0.05, 0) is 12.1 Å². The first-order chi connectivity index (χ1) is 12.4. The quantitative estimate of drug-likeness (QED) is 0.838. The Labute approximate surface area is 150 Å². The Morgan fingerprint density at radius 1 is 1.38 bits per heavy atom. The lowest BCUT2D eigenvalue weighted by molar-refractivity contribution is -0.130. The third kappa shape index (κ3) is 3.57. The molecule has 9 nitrogen and oxygen atoms in total. The largest absolute Gasteiger partial charge is 0.468 e. The van der Waals surface area contributed by atoms with Gasteiger partial charge in [-0.1, -0.05) is 0 Å². The van der Waals surface area contributed by atoms with Crippen molar-refractivity contribution in [2.24, 2.45) is 0 Å². The number of hydrogen-bond acceptors (Lipinski definition) is 6. The van der Waals surface area contributed by atoms with E-state index < -0.39 is 6.10 Å². The number of ether oxygens (including phenoxy) is 1. The molecular formula is C17H22N4O5. The minimum Gasteiger partial charge on any atom is -0.468 e. The van der Waals surface area contributed by atoms with Crippen molar-refractivity contribution in [3.05, 3.63) is 35.3 Å². The fourth-order valence-corrected chi connectivity index (χ4v) is 2.78. The van der Waals surface area contributed by atoms with Crippen LogP contribution in [0.1, 0.15) is 34.5 Å². The second-order valence-electron chi connectivity index (χ2n) is 6.34. The number of carbonyl (C=O) groups excluding carboxylic acids is 2. The Bertz CT molecular complexity index is 810. The number of carbonyl (C=O) groups is 2. The van der Waals surface area contributed by atoms with Gasteiger partial charge in [-0.3, -0.25) is 14.3 Å². The van der Waals surface area contributed by atoms with Crippen LogP contribution in [0.4, 0.5) is 0 Å². The summed E-state index contributed by atoms with van der Waals surface area (Å²) in [6.45, 7) is 1.33. The molecule has 26 heavy (non-hydrogen) atoms. The lowest BCUT2D eigenvalue weighted by Crippen LogP contribution is -2.38. The summed E-state index contributed by atoms with van der Waals surface area (Å²) in [6, 6.07) is 4.91. The minimum absolute atomic E-state index is 0.0295. The zero-order valence-electron chi connectivity index (χ0n) is 15.0. The predicted molar refractivity (Wildman–Crippen MR) is 90.5 cm³/mol. The maximum absolute atomic E-state index is 12.5. The smallest absolute Gasteiger partial charge is 0.290 e. The molecular weight excluding hydrogens is 340 g/mol. The van der Waals surface area contributed by atoms with Crippen LogP contribution in [0, 0.1) is 0 Å². The summed E-state index contributed by atoms with van der Waals surface area (Å²) in [5, 5.41) is 14.6. The molecule has 2 aromatic rings. The molecule has 0 unspecified atom stereocenters. The number of fused-ring (bicyclic) bond motifs is 1. The molecule has 0 spiro atoms. The van der Waals surface area contributed by atoms with Crippen LogP contribution in [0.3, 0.4) is 0 Å². The van der Waals surface area contributed by atoms with E-state index in [0.29, 0.717) is 25.3 Å². The zero-order chi connectivity index (χ0) is 18.8. The number of hydrogen-bond donors (Lipinski definition) is 1. The van der Waals surface area contributed by atoms with Gasteiger partial charge in [-0.2, -0.15) is 5.10 Å². The van der Waals surface area contributed by atoms with Crippen LogP contribution in [-0.4, -0.2) is 64.3 Å². The maximum Gasteiger partial charge on any atom is 0.290 e. The number of furan rings is 1. The highest BCUT2D eigenvalue weighted by atomic mass is 16.6. The van der Waals surface area contributed by atoms with Crippen molar-refractivity contribution in [3.63, 3.8) is 0 Å². The fraction of sp³-hybridized carbons (Fsp3) is 0.471. The fourth-order valence-electron chi connectivity index (χ4n) is 2.78. The van der Waals surface area contributed by atoms with Gasteiger partial charge >= 0.3 is 0 Å². The van der Waals surface area contributed by atoms with Gasteiger partial charge in [-0.25, -0.2) is 0 Å². The molecule has 0 aromatic carbocycles. The van der Waals surface area contributed by atoms with E-state index in [0.717, 1.165) is 5.69 Å². The molecule has 1 N–H and O–H groups in total. The second kappa shape index (κ2) is 7.20. The van der Waals surface area contributed by atoms with Gasteiger partial charge in [0.1, 0.15) is 6.10 Å². The highest BCUT2D eigenvalue weighted by molar-refractivity contribution is 5.91. The molecule has 0 radical (unpaired) electrons. The van der Waals surface area contributed by atoms with Crippen LogP contribution in [0.15, 0.2) is 22.6 Å². The van der Waals surface area contributed by atoms with Crippen LogP contribution in [-0.2, 0) is 17.9 Å². The van der Waals surface area contributed by atoms with Crippen molar-refractivity contribution in [3.8, 4) is 5.95 Å². The molecule has 0 saturated heterocycles. The number of aromatic nitrogens is 2. The van der Waals surface area contributed by atoms with Crippen LogP contribution >= 0.6 is 0 Å². The van der Waals surface area contributed by atoms with Gasteiger partial charge in [0, 0.05) is 26.7 Å². The van der Waals surface area contributed by atoms with Crippen molar-refractivity contribution in [1.29, 1.82) is 0 Å². The normalized spacial score (nSPS) is 14.7. The van der Waals surface area contributed by atoms with E-state index >= 15 is 0 Å². The van der Waals surface area contributed by atoms with Gasteiger partial charge in [0.25, 0.3) is 11.9 Å². The van der Waals surface area contributed by atoms with E-state index in [9.17, 15) is 14.7 Å². The number of rotatable bonds is 5. The Kier molecular flexibility index (Phi) is 4.99. The molecule has 140 valence electrons. The van der Waals surface area contributed by atoms with Crippen molar-refractivity contribution in [2.45, 2.75) is 25.6 Å². The minimum atomic E-state index is -0.971. The third-order valence-electron chi connectivity index (χ3n) is 4.31. The maximum atomic E-state index is 12.5. The molecule has 0 bridgehead atoms. The van der Waals surface area contributed by atoms with Crippen LogP contribution < -0.4 is 4.74 Å². The third-order valence-corrected chi connectivity index (χ3v) is 4.31. The number of nitrogens with zero attached hydrogens (tertiary/aromatic N) is 4.